The first-order valence-electron chi connectivity index (χ1n) is 8.48. The predicted molar refractivity (Wildman–Crippen MR) is 99.1 cm³/mol. The Balaban J connectivity index is 2.38. The van der Waals surface area contributed by atoms with E-state index in [2.05, 4.69) is 5.32 Å². The number of carbonyl (C=O) groups is 1. The third-order valence-corrected chi connectivity index (χ3v) is 5.71. The average Bonchev–Trinajstić information content (AvgIpc) is 2.91. The zero-order chi connectivity index (χ0) is 18.7. The van der Waals surface area contributed by atoms with Gasteiger partial charge in [0.05, 0.1) is 11.8 Å². The third kappa shape index (κ3) is 5.89. The van der Waals surface area contributed by atoms with Gasteiger partial charge in [-0.3, -0.25) is 0 Å². The Morgan fingerprint density at radius 2 is 1.80 bits per heavy atom. The molecule has 1 aromatic rings. The molecule has 0 radical (unpaired) electrons. The number of amides is 1. The summed E-state index contributed by atoms with van der Waals surface area (Å²) in [5.41, 5.74) is -0.401. The van der Waals surface area contributed by atoms with Gasteiger partial charge in [0.2, 0.25) is 9.05 Å². The van der Waals surface area contributed by atoms with Gasteiger partial charge in [0.1, 0.15) is 5.60 Å². The van der Waals surface area contributed by atoms with Gasteiger partial charge in [-0.1, -0.05) is 43.2 Å². The van der Waals surface area contributed by atoms with E-state index in [0.29, 0.717) is 12.8 Å². The van der Waals surface area contributed by atoms with Gasteiger partial charge in [-0.25, -0.2) is 13.2 Å². The Labute approximate surface area is 154 Å². The van der Waals surface area contributed by atoms with E-state index < -0.39 is 32.2 Å². The van der Waals surface area contributed by atoms with Gasteiger partial charge >= 0.3 is 6.09 Å². The highest BCUT2D eigenvalue weighted by atomic mass is 35.7. The molecule has 140 valence electrons. The van der Waals surface area contributed by atoms with Crippen LogP contribution in [0.3, 0.4) is 0 Å². The molecule has 7 heteroatoms. The third-order valence-electron chi connectivity index (χ3n) is 4.47. The van der Waals surface area contributed by atoms with Crippen LogP contribution in [0.15, 0.2) is 30.3 Å². The highest BCUT2D eigenvalue weighted by Crippen LogP contribution is 2.49. The maximum absolute atomic E-state index is 12.4. The van der Waals surface area contributed by atoms with Crippen LogP contribution in [-0.4, -0.2) is 25.9 Å². The summed E-state index contributed by atoms with van der Waals surface area (Å²) in [7, 11) is 1.90. The molecule has 1 amide bonds. The van der Waals surface area contributed by atoms with E-state index >= 15 is 0 Å². The van der Waals surface area contributed by atoms with Crippen molar-refractivity contribution in [3.05, 3.63) is 35.9 Å². The largest absolute Gasteiger partial charge is 0.444 e. The van der Waals surface area contributed by atoms with Crippen molar-refractivity contribution < 1.29 is 17.9 Å². The summed E-state index contributed by atoms with van der Waals surface area (Å²) in [5.74, 6) is -0.170. The van der Waals surface area contributed by atoms with Gasteiger partial charge in [-0.05, 0) is 39.2 Å². The van der Waals surface area contributed by atoms with Crippen LogP contribution in [0.1, 0.15) is 58.1 Å². The van der Waals surface area contributed by atoms with Crippen LogP contribution < -0.4 is 5.32 Å². The molecule has 1 aliphatic rings. The van der Waals surface area contributed by atoms with Gasteiger partial charge in [-0.15, -0.1) is 0 Å². The zero-order valence-corrected chi connectivity index (χ0v) is 16.5. The number of alkyl carbamates (subject to hydrolysis) is 1. The molecule has 25 heavy (non-hydrogen) atoms. The van der Waals surface area contributed by atoms with E-state index in [1.165, 1.54) is 0 Å². The summed E-state index contributed by atoms with van der Waals surface area (Å²) in [4.78, 5) is 12.4. The number of hydrogen-bond donors (Lipinski definition) is 1. The maximum atomic E-state index is 12.4. The van der Waals surface area contributed by atoms with Gasteiger partial charge in [0, 0.05) is 16.1 Å². The Kier molecular flexibility index (Phi) is 6.05. The lowest BCUT2D eigenvalue weighted by Gasteiger charge is -2.38. The van der Waals surface area contributed by atoms with Crippen LogP contribution in [0.4, 0.5) is 4.79 Å². The van der Waals surface area contributed by atoms with Crippen molar-refractivity contribution in [1.29, 1.82) is 0 Å². The zero-order valence-electron chi connectivity index (χ0n) is 14.9. The minimum Gasteiger partial charge on any atom is -0.444 e. The number of hydrogen-bond acceptors (Lipinski definition) is 4. The normalized spacial score (nSPS) is 18.6. The molecule has 1 fully saturated rings. The van der Waals surface area contributed by atoms with Crippen molar-refractivity contribution >= 4 is 25.8 Å². The Hall–Kier alpha value is -1.27. The fraction of sp³-hybridized carbons (Fsp3) is 0.611. The smallest absolute Gasteiger partial charge is 0.408 e. The quantitative estimate of drug-likeness (QED) is 0.761. The van der Waals surface area contributed by atoms with E-state index in [9.17, 15) is 13.2 Å². The van der Waals surface area contributed by atoms with Crippen molar-refractivity contribution in [3.63, 3.8) is 0 Å². The molecule has 2 rings (SSSR count). The second-order valence-electron chi connectivity index (χ2n) is 7.74. The lowest BCUT2D eigenvalue weighted by Crippen LogP contribution is -2.44. The SMILES string of the molecule is CC(C)(C)OC(=O)NC(c1ccccc1)C1(CS(=O)(=O)Cl)CCCC1. The highest BCUT2D eigenvalue weighted by Gasteiger charge is 2.46. The topological polar surface area (TPSA) is 72.5 Å². The van der Waals surface area contributed by atoms with Crippen molar-refractivity contribution in [2.24, 2.45) is 5.41 Å². The molecule has 0 heterocycles. The average molecular weight is 388 g/mol. The molecule has 5 nitrogen and oxygen atoms in total. The van der Waals surface area contributed by atoms with Gasteiger partial charge in [0.25, 0.3) is 0 Å². The van der Waals surface area contributed by atoms with E-state index in [1.807, 2.05) is 30.3 Å². The second-order valence-corrected chi connectivity index (χ2v) is 10.5. The van der Waals surface area contributed by atoms with Gasteiger partial charge < -0.3 is 10.1 Å². The van der Waals surface area contributed by atoms with E-state index in [4.69, 9.17) is 15.4 Å². The maximum Gasteiger partial charge on any atom is 0.408 e. The molecule has 0 saturated heterocycles. The monoisotopic (exact) mass is 387 g/mol. The summed E-state index contributed by atoms with van der Waals surface area (Å²) in [6.07, 6.45) is 2.64. The summed E-state index contributed by atoms with van der Waals surface area (Å²) >= 11 is 0. The van der Waals surface area contributed by atoms with Gasteiger partial charge in [-0.2, -0.15) is 0 Å². The van der Waals surface area contributed by atoms with Gasteiger partial charge in [0.15, 0.2) is 0 Å². The number of carbonyl (C=O) groups excluding carboxylic acids is 1. The van der Waals surface area contributed by atoms with Crippen molar-refractivity contribution in [3.8, 4) is 0 Å². The first kappa shape index (κ1) is 20.0. The fourth-order valence-corrected chi connectivity index (χ4v) is 5.39. The van der Waals surface area contributed by atoms with Crippen molar-refractivity contribution in [1.82, 2.24) is 5.32 Å². The Bertz CT molecular complexity index is 692. The number of ether oxygens (including phenoxy) is 1. The number of halogens is 1. The minimum atomic E-state index is -3.71. The first-order chi connectivity index (χ1) is 11.5. The molecule has 0 bridgehead atoms. The van der Waals surface area contributed by atoms with E-state index in [-0.39, 0.29) is 5.75 Å². The summed E-state index contributed by atoms with van der Waals surface area (Å²) in [6, 6.07) is 8.94. The Morgan fingerprint density at radius 1 is 1.24 bits per heavy atom. The highest BCUT2D eigenvalue weighted by molar-refractivity contribution is 8.13. The van der Waals surface area contributed by atoms with Crippen molar-refractivity contribution in [2.75, 3.05) is 5.75 Å². The van der Waals surface area contributed by atoms with Crippen LogP contribution >= 0.6 is 10.7 Å². The van der Waals surface area contributed by atoms with Crippen molar-refractivity contribution in [2.45, 2.75) is 58.1 Å². The molecule has 1 atom stereocenters. The molecular formula is C18H26ClNO4S. The number of nitrogens with one attached hydrogen (secondary N) is 1. The van der Waals surface area contributed by atoms with Crippen LogP contribution in [0, 0.1) is 5.41 Å². The molecule has 1 saturated carbocycles. The number of benzene rings is 1. The number of rotatable bonds is 5. The summed E-state index contributed by atoms with van der Waals surface area (Å²) < 4.78 is 29.1. The molecule has 1 N–H and O–H groups in total. The lowest BCUT2D eigenvalue weighted by molar-refractivity contribution is 0.0450. The molecule has 0 aromatic heterocycles. The fourth-order valence-electron chi connectivity index (χ4n) is 3.60. The molecule has 0 spiro atoms. The van der Waals surface area contributed by atoms with E-state index in [1.54, 1.807) is 20.8 Å². The predicted octanol–water partition coefficient (Wildman–Crippen LogP) is 4.38. The first-order valence-corrected chi connectivity index (χ1v) is 11.0. The minimum absolute atomic E-state index is 0.170. The van der Waals surface area contributed by atoms with Crippen LogP contribution in [0.2, 0.25) is 0 Å². The van der Waals surface area contributed by atoms with Crippen LogP contribution in [0.25, 0.3) is 0 Å². The molecule has 1 aromatic carbocycles. The molecule has 1 aliphatic carbocycles. The Morgan fingerprint density at radius 3 is 2.28 bits per heavy atom. The summed E-state index contributed by atoms with van der Waals surface area (Å²) in [5, 5.41) is 2.91. The standard InChI is InChI=1S/C18H26ClNO4S/c1-17(2,3)24-16(21)20-15(14-9-5-4-6-10-14)18(11-7-8-12-18)13-25(19,22)23/h4-6,9-10,15H,7-8,11-13H2,1-3H3,(H,20,21). The second kappa shape index (κ2) is 7.54. The molecular weight excluding hydrogens is 362 g/mol. The van der Waals surface area contributed by atoms with Crippen LogP contribution in [0.5, 0.6) is 0 Å². The summed E-state index contributed by atoms with van der Waals surface area (Å²) in [6.45, 7) is 5.37. The lowest BCUT2D eigenvalue weighted by atomic mass is 9.77. The van der Waals surface area contributed by atoms with E-state index in [0.717, 1.165) is 18.4 Å². The van der Waals surface area contributed by atoms with Crippen LogP contribution in [-0.2, 0) is 13.8 Å². The molecule has 1 unspecified atom stereocenters. The molecule has 0 aliphatic heterocycles.